The second-order valence-corrected chi connectivity index (χ2v) is 5.00. The fourth-order valence-electron chi connectivity index (χ4n) is 1.82. The Balaban J connectivity index is 1.78. The number of nitrogens with one attached hydrogen (secondary N) is 2. The zero-order valence-electron chi connectivity index (χ0n) is 13.5. The highest BCUT2D eigenvalue weighted by Crippen LogP contribution is 2.22. The topological polar surface area (TPSA) is 100 Å². The van der Waals surface area contributed by atoms with Crippen LogP contribution in [0, 0.1) is 11.3 Å². The Hall–Kier alpha value is -3.74. The summed E-state index contributed by atoms with van der Waals surface area (Å²) >= 11 is 0. The van der Waals surface area contributed by atoms with Crippen LogP contribution in [0.5, 0.6) is 11.5 Å². The Kier molecular flexibility index (Phi) is 6.22. The van der Waals surface area contributed by atoms with E-state index >= 15 is 0 Å². The summed E-state index contributed by atoms with van der Waals surface area (Å²) in [5.41, 5.74) is 4.64. The van der Waals surface area contributed by atoms with Crippen molar-refractivity contribution in [2.24, 2.45) is 0 Å². The van der Waals surface area contributed by atoms with Gasteiger partial charge in [-0.3, -0.25) is 20.4 Å². The normalized spacial score (nSPS) is 10.4. The highest BCUT2D eigenvalue weighted by molar-refractivity contribution is 5.95. The maximum absolute atomic E-state index is 12.1. The van der Waals surface area contributed by atoms with E-state index in [4.69, 9.17) is 10.00 Å². The molecule has 2 amide bonds. The number of carbonyl (C=O) groups excluding carboxylic acids is 2. The summed E-state index contributed by atoms with van der Waals surface area (Å²) in [4.78, 5) is 23.5. The lowest BCUT2D eigenvalue weighted by atomic mass is 10.2. The molecule has 7 nitrogen and oxygen atoms in total. The molecular formula is C17H12F3N3O4. The predicted molar refractivity (Wildman–Crippen MR) is 85.4 cm³/mol. The molecule has 0 aliphatic rings. The number of nitriles is 1. The molecule has 2 N–H and O–H groups in total. The molecular weight excluding hydrogens is 367 g/mol. The van der Waals surface area contributed by atoms with Gasteiger partial charge in [0, 0.05) is 5.56 Å². The van der Waals surface area contributed by atoms with Crippen LogP contribution in [0.4, 0.5) is 13.2 Å². The van der Waals surface area contributed by atoms with Crippen molar-refractivity contribution >= 4 is 11.8 Å². The zero-order chi connectivity index (χ0) is 19.9. The first-order valence-electron chi connectivity index (χ1n) is 7.35. The molecule has 2 rings (SSSR count). The number of halogens is 3. The number of rotatable bonds is 5. The minimum absolute atomic E-state index is 0.0119. The molecule has 0 radical (unpaired) electrons. The standard InChI is InChI=1S/C17H12F3N3O4/c18-17(19,20)27-14-7-3-12(4-8-14)16(25)23-22-15(24)10-26-13-5-1-11(9-21)2-6-13/h1-8H,10H2,(H,22,24)(H,23,25). The van der Waals surface area contributed by atoms with Crippen molar-refractivity contribution in [3.63, 3.8) is 0 Å². The summed E-state index contributed by atoms with van der Waals surface area (Å²) in [6, 6.07) is 12.1. The molecule has 0 aliphatic heterocycles. The minimum Gasteiger partial charge on any atom is -0.484 e. The van der Waals surface area contributed by atoms with Crippen LogP contribution >= 0.6 is 0 Å². The van der Waals surface area contributed by atoms with Gasteiger partial charge >= 0.3 is 6.36 Å². The third-order valence-electron chi connectivity index (χ3n) is 3.02. The van der Waals surface area contributed by atoms with E-state index in [1.165, 1.54) is 24.3 Å². The molecule has 27 heavy (non-hydrogen) atoms. The third-order valence-corrected chi connectivity index (χ3v) is 3.02. The molecule has 2 aromatic rings. The molecule has 0 aliphatic carbocycles. The van der Waals surface area contributed by atoms with E-state index in [1.54, 1.807) is 0 Å². The first-order chi connectivity index (χ1) is 12.8. The van der Waals surface area contributed by atoms with Gasteiger partial charge in [0.2, 0.25) is 0 Å². The maximum atomic E-state index is 12.1. The largest absolute Gasteiger partial charge is 0.573 e. The molecule has 0 aromatic heterocycles. The fourth-order valence-corrected chi connectivity index (χ4v) is 1.82. The Bertz CT molecular complexity index is 844. The highest BCUT2D eigenvalue weighted by atomic mass is 19.4. The monoisotopic (exact) mass is 379 g/mol. The van der Waals surface area contributed by atoms with Crippen LogP contribution in [0.2, 0.25) is 0 Å². The van der Waals surface area contributed by atoms with E-state index in [-0.39, 0.29) is 5.56 Å². The molecule has 0 atom stereocenters. The van der Waals surface area contributed by atoms with Gasteiger partial charge in [0.05, 0.1) is 11.6 Å². The summed E-state index contributed by atoms with van der Waals surface area (Å²) in [5, 5.41) is 8.68. The van der Waals surface area contributed by atoms with E-state index in [2.05, 4.69) is 15.6 Å². The zero-order valence-corrected chi connectivity index (χ0v) is 13.5. The quantitative estimate of drug-likeness (QED) is 0.777. The number of ether oxygens (including phenoxy) is 2. The number of alkyl halides is 3. The summed E-state index contributed by atoms with van der Waals surface area (Å²) in [5.74, 6) is -1.51. The maximum Gasteiger partial charge on any atom is 0.573 e. The number of carbonyl (C=O) groups is 2. The number of nitrogens with zero attached hydrogens (tertiary/aromatic N) is 1. The lowest BCUT2D eigenvalue weighted by Gasteiger charge is -2.10. The molecule has 0 heterocycles. The van der Waals surface area contributed by atoms with E-state index in [1.807, 2.05) is 6.07 Å². The van der Waals surface area contributed by atoms with Gasteiger partial charge in [-0.15, -0.1) is 13.2 Å². The van der Waals surface area contributed by atoms with Crippen molar-refractivity contribution in [3.8, 4) is 17.6 Å². The van der Waals surface area contributed by atoms with Crippen LogP contribution in [0.3, 0.4) is 0 Å². The molecule has 0 fully saturated rings. The molecule has 10 heteroatoms. The van der Waals surface area contributed by atoms with Crippen molar-refractivity contribution < 1.29 is 32.2 Å². The number of hydrazine groups is 1. The Labute approximate surface area is 151 Å². The van der Waals surface area contributed by atoms with Gasteiger partial charge in [-0.05, 0) is 48.5 Å². The van der Waals surface area contributed by atoms with Gasteiger partial charge in [-0.1, -0.05) is 0 Å². The van der Waals surface area contributed by atoms with Crippen LogP contribution in [-0.2, 0) is 4.79 Å². The van der Waals surface area contributed by atoms with E-state index < -0.39 is 30.5 Å². The minimum atomic E-state index is -4.83. The van der Waals surface area contributed by atoms with Crippen LogP contribution in [0.1, 0.15) is 15.9 Å². The number of hydrogen-bond donors (Lipinski definition) is 2. The van der Waals surface area contributed by atoms with E-state index in [0.29, 0.717) is 11.3 Å². The third kappa shape index (κ3) is 6.58. The summed E-state index contributed by atoms with van der Waals surface area (Å²) < 4.78 is 45.1. The first kappa shape index (κ1) is 19.6. The Morgan fingerprint density at radius 2 is 1.56 bits per heavy atom. The summed E-state index contributed by atoms with van der Waals surface area (Å²) in [6.07, 6.45) is -4.83. The van der Waals surface area contributed by atoms with Crippen molar-refractivity contribution in [2.45, 2.75) is 6.36 Å². The first-order valence-corrected chi connectivity index (χ1v) is 7.35. The average molecular weight is 379 g/mol. The van der Waals surface area contributed by atoms with Crippen LogP contribution < -0.4 is 20.3 Å². The molecule has 0 bridgehead atoms. The lowest BCUT2D eigenvalue weighted by Crippen LogP contribution is -2.43. The molecule has 0 saturated carbocycles. The number of hydrogen-bond acceptors (Lipinski definition) is 5. The summed E-state index contributed by atoms with van der Waals surface area (Å²) in [6.45, 7) is -0.398. The second kappa shape index (κ2) is 8.57. The average Bonchev–Trinajstić information content (AvgIpc) is 2.64. The summed E-state index contributed by atoms with van der Waals surface area (Å²) in [7, 11) is 0. The lowest BCUT2D eigenvalue weighted by molar-refractivity contribution is -0.274. The van der Waals surface area contributed by atoms with Gasteiger partial charge in [-0.2, -0.15) is 5.26 Å². The van der Waals surface area contributed by atoms with Gasteiger partial charge in [0.25, 0.3) is 11.8 Å². The van der Waals surface area contributed by atoms with Crippen molar-refractivity contribution in [1.29, 1.82) is 5.26 Å². The molecule has 2 aromatic carbocycles. The number of benzene rings is 2. The van der Waals surface area contributed by atoms with Crippen LogP contribution in [-0.4, -0.2) is 24.8 Å². The van der Waals surface area contributed by atoms with Gasteiger partial charge in [0.15, 0.2) is 6.61 Å². The molecule has 140 valence electrons. The van der Waals surface area contributed by atoms with Gasteiger partial charge < -0.3 is 9.47 Å². The smallest absolute Gasteiger partial charge is 0.484 e. The molecule has 0 unspecified atom stereocenters. The number of amides is 2. The van der Waals surface area contributed by atoms with E-state index in [9.17, 15) is 22.8 Å². The van der Waals surface area contributed by atoms with Crippen molar-refractivity contribution in [2.75, 3.05) is 6.61 Å². The SMILES string of the molecule is N#Cc1ccc(OCC(=O)NNC(=O)c2ccc(OC(F)(F)F)cc2)cc1. The second-order valence-electron chi connectivity index (χ2n) is 5.00. The Morgan fingerprint density at radius 1 is 0.963 bits per heavy atom. The van der Waals surface area contributed by atoms with Gasteiger partial charge in [0.1, 0.15) is 11.5 Å². The van der Waals surface area contributed by atoms with E-state index in [0.717, 1.165) is 24.3 Å². The predicted octanol–water partition coefficient (Wildman–Crippen LogP) is 2.30. The van der Waals surface area contributed by atoms with Crippen LogP contribution in [0.25, 0.3) is 0 Å². The van der Waals surface area contributed by atoms with Gasteiger partial charge in [-0.25, -0.2) is 0 Å². The Morgan fingerprint density at radius 3 is 2.11 bits per heavy atom. The van der Waals surface area contributed by atoms with Crippen LogP contribution in [0.15, 0.2) is 48.5 Å². The van der Waals surface area contributed by atoms with Crippen molar-refractivity contribution in [1.82, 2.24) is 10.9 Å². The fraction of sp³-hybridized carbons (Fsp3) is 0.118. The van der Waals surface area contributed by atoms with Crippen molar-refractivity contribution in [3.05, 3.63) is 59.7 Å². The highest BCUT2D eigenvalue weighted by Gasteiger charge is 2.31. The molecule has 0 spiro atoms. The molecule has 0 saturated heterocycles.